The Labute approximate surface area is 93.3 Å². The first-order valence-corrected chi connectivity index (χ1v) is 4.86. The Balaban J connectivity index is 2.60. The van der Waals surface area contributed by atoms with Gasteiger partial charge in [0.25, 0.3) is 0 Å². The second kappa shape index (κ2) is 3.70. The van der Waals surface area contributed by atoms with Gasteiger partial charge in [0.1, 0.15) is 6.07 Å². The smallest absolute Gasteiger partial charge is 0.230 e. The van der Waals surface area contributed by atoms with Crippen molar-refractivity contribution in [2.45, 2.75) is 13.8 Å². The number of oxazole rings is 1. The first-order valence-electron chi connectivity index (χ1n) is 4.86. The molecule has 80 valence electrons. The zero-order valence-electron chi connectivity index (χ0n) is 9.11. The number of hydrogen-bond donors (Lipinski definition) is 1. The van der Waals surface area contributed by atoms with Gasteiger partial charge in [-0.25, -0.2) is 0 Å². The van der Waals surface area contributed by atoms with Gasteiger partial charge in [-0.2, -0.15) is 10.2 Å². The minimum atomic E-state index is 0.0680. The fraction of sp³-hybridized carbons (Fsp3) is 0.167. The molecule has 0 amide bonds. The molecule has 0 aliphatic carbocycles. The van der Waals surface area contributed by atoms with Gasteiger partial charge < -0.3 is 10.2 Å². The van der Waals surface area contributed by atoms with E-state index in [1.54, 1.807) is 0 Å². The van der Waals surface area contributed by atoms with E-state index < -0.39 is 0 Å². The molecule has 1 aromatic heterocycles. The zero-order chi connectivity index (χ0) is 11.7. The fourth-order valence-corrected chi connectivity index (χ4v) is 1.51. The molecule has 2 N–H and O–H groups in total. The maximum atomic E-state index is 8.75. The van der Waals surface area contributed by atoms with E-state index in [2.05, 4.69) is 4.98 Å². The fourth-order valence-electron chi connectivity index (χ4n) is 1.51. The van der Waals surface area contributed by atoms with E-state index in [0.29, 0.717) is 5.89 Å². The Morgan fingerprint density at radius 1 is 1.38 bits per heavy atom. The van der Waals surface area contributed by atoms with Crippen LogP contribution in [0.3, 0.4) is 0 Å². The topological polar surface area (TPSA) is 75.8 Å². The molecule has 1 aromatic carbocycles. The third-order valence-corrected chi connectivity index (χ3v) is 2.59. The summed E-state index contributed by atoms with van der Waals surface area (Å²) in [5.74, 6) is 0.466. The molecule has 0 spiro atoms. The van der Waals surface area contributed by atoms with Gasteiger partial charge in [-0.15, -0.1) is 0 Å². The molecule has 4 heteroatoms. The van der Waals surface area contributed by atoms with Crippen molar-refractivity contribution in [1.82, 2.24) is 4.98 Å². The van der Waals surface area contributed by atoms with Crippen LogP contribution < -0.4 is 5.73 Å². The predicted octanol–water partition coefficient (Wildman–Crippen LogP) is 2.41. The van der Waals surface area contributed by atoms with Crippen LogP contribution in [-0.4, -0.2) is 4.98 Å². The van der Waals surface area contributed by atoms with Crippen molar-refractivity contribution in [2.75, 3.05) is 5.73 Å². The average molecular weight is 213 g/mol. The Morgan fingerprint density at radius 2 is 2.12 bits per heavy atom. The van der Waals surface area contributed by atoms with Gasteiger partial charge in [0, 0.05) is 5.56 Å². The first kappa shape index (κ1) is 10.2. The number of aromatic nitrogens is 1. The van der Waals surface area contributed by atoms with E-state index in [1.807, 2.05) is 38.1 Å². The number of hydrogen-bond acceptors (Lipinski definition) is 4. The van der Waals surface area contributed by atoms with Gasteiger partial charge in [0.2, 0.25) is 17.5 Å². The molecule has 2 rings (SSSR count). The molecule has 0 fully saturated rings. The largest absolute Gasteiger partial charge is 0.419 e. The van der Waals surface area contributed by atoms with Gasteiger partial charge in [0.15, 0.2) is 0 Å². The van der Waals surface area contributed by atoms with Gasteiger partial charge in [-0.1, -0.05) is 12.1 Å². The highest BCUT2D eigenvalue weighted by Gasteiger charge is 2.13. The van der Waals surface area contributed by atoms with Crippen molar-refractivity contribution in [2.24, 2.45) is 0 Å². The lowest BCUT2D eigenvalue weighted by Crippen LogP contribution is -1.87. The van der Waals surface area contributed by atoms with E-state index in [9.17, 15) is 0 Å². The van der Waals surface area contributed by atoms with E-state index in [-0.39, 0.29) is 11.6 Å². The summed E-state index contributed by atoms with van der Waals surface area (Å²) in [6.07, 6.45) is 0. The second-order valence-corrected chi connectivity index (χ2v) is 3.59. The maximum absolute atomic E-state index is 8.75. The van der Waals surface area contributed by atoms with Crippen molar-refractivity contribution in [3.05, 3.63) is 35.0 Å². The van der Waals surface area contributed by atoms with Crippen LogP contribution in [0.4, 0.5) is 5.88 Å². The van der Waals surface area contributed by atoms with Crippen LogP contribution in [0.2, 0.25) is 0 Å². The van der Waals surface area contributed by atoms with Crippen molar-refractivity contribution in [1.29, 1.82) is 5.26 Å². The summed E-state index contributed by atoms with van der Waals surface area (Å²) in [6, 6.07) is 7.72. The summed E-state index contributed by atoms with van der Waals surface area (Å²) in [5, 5.41) is 8.75. The van der Waals surface area contributed by atoms with Crippen LogP contribution in [0.5, 0.6) is 0 Å². The number of aryl methyl sites for hydroxylation is 1. The molecule has 2 aromatic rings. The second-order valence-electron chi connectivity index (χ2n) is 3.59. The van der Waals surface area contributed by atoms with Gasteiger partial charge in [-0.3, -0.25) is 0 Å². The lowest BCUT2D eigenvalue weighted by molar-refractivity contribution is 0.593. The predicted molar refractivity (Wildman–Crippen MR) is 60.5 cm³/mol. The Hall–Kier alpha value is -2.28. The highest BCUT2D eigenvalue weighted by atomic mass is 16.4. The first-order chi connectivity index (χ1) is 7.63. The normalized spacial score (nSPS) is 10.1. The molecular formula is C12H11N3O. The highest BCUT2D eigenvalue weighted by molar-refractivity contribution is 5.63. The van der Waals surface area contributed by atoms with E-state index in [1.165, 1.54) is 0 Å². The lowest BCUT2D eigenvalue weighted by Gasteiger charge is -2.03. The zero-order valence-corrected chi connectivity index (χ0v) is 9.11. The van der Waals surface area contributed by atoms with E-state index in [4.69, 9.17) is 15.4 Å². The van der Waals surface area contributed by atoms with Crippen LogP contribution in [0.1, 0.15) is 16.8 Å². The molecule has 0 aliphatic heterocycles. The van der Waals surface area contributed by atoms with Gasteiger partial charge >= 0.3 is 0 Å². The van der Waals surface area contributed by atoms with Gasteiger partial charge in [-0.05, 0) is 31.0 Å². The molecule has 0 saturated heterocycles. The van der Waals surface area contributed by atoms with Crippen molar-refractivity contribution in [3.8, 4) is 17.5 Å². The van der Waals surface area contributed by atoms with Gasteiger partial charge in [0.05, 0.1) is 0 Å². The minimum absolute atomic E-state index is 0.0680. The quantitative estimate of drug-likeness (QED) is 0.789. The average Bonchev–Trinajstić information content (AvgIpc) is 2.63. The van der Waals surface area contributed by atoms with E-state index >= 15 is 0 Å². The third-order valence-electron chi connectivity index (χ3n) is 2.59. The third kappa shape index (κ3) is 1.52. The molecule has 16 heavy (non-hydrogen) atoms. The molecule has 0 saturated carbocycles. The monoisotopic (exact) mass is 213 g/mol. The summed E-state index contributed by atoms with van der Waals surface area (Å²) >= 11 is 0. The molecule has 0 aliphatic rings. The van der Waals surface area contributed by atoms with Crippen molar-refractivity contribution >= 4 is 5.88 Å². The molecule has 0 bridgehead atoms. The lowest BCUT2D eigenvalue weighted by atomic mass is 10.0. The van der Waals surface area contributed by atoms with Crippen LogP contribution in [0.15, 0.2) is 22.6 Å². The Bertz CT molecular complexity index is 578. The number of nitrogens with zero attached hydrogens (tertiary/aromatic N) is 2. The number of nitriles is 1. The standard InChI is InChI=1S/C12H11N3O/c1-7-4-3-5-9(8(7)2)12-15-10(6-13)11(14)16-12/h3-5H,14H2,1-2H3. The number of rotatable bonds is 1. The van der Waals surface area contributed by atoms with Crippen LogP contribution in [-0.2, 0) is 0 Å². The molecule has 0 unspecified atom stereocenters. The van der Waals surface area contributed by atoms with E-state index in [0.717, 1.165) is 16.7 Å². The van der Waals surface area contributed by atoms with Crippen LogP contribution >= 0.6 is 0 Å². The molecule has 4 nitrogen and oxygen atoms in total. The number of benzene rings is 1. The Kier molecular flexibility index (Phi) is 2.37. The molecular weight excluding hydrogens is 202 g/mol. The summed E-state index contributed by atoms with van der Waals surface area (Å²) in [7, 11) is 0. The minimum Gasteiger partial charge on any atom is -0.419 e. The number of anilines is 1. The molecule has 0 radical (unpaired) electrons. The van der Waals surface area contributed by atoms with Crippen molar-refractivity contribution in [3.63, 3.8) is 0 Å². The summed E-state index contributed by atoms with van der Waals surface area (Å²) in [5.41, 5.74) is 8.75. The summed E-state index contributed by atoms with van der Waals surface area (Å²) < 4.78 is 5.27. The Morgan fingerprint density at radius 3 is 2.75 bits per heavy atom. The highest BCUT2D eigenvalue weighted by Crippen LogP contribution is 2.27. The molecule has 1 heterocycles. The maximum Gasteiger partial charge on any atom is 0.230 e. The summed E-state index contributed by atoms with van der Waals surface area (Å²) in [6.45, 7) is 3.99. The molecule has 0 atom stereocenters. The summed E-state index contributed by atoms with van der Waals surface area (Å²) in [4.78, 5) is 4.05. The van der Waals surface area contributed by atoms with Crippen molar-refractivity contribution < 1.29 is 4.42 Å². The number of nitrogens with two attached hydrogens (primary N) is 1. The SMILES string of the molecule is Cc1cccc(-c2nc(C#N)c(N)o2)c1C. The number of nitrogen functional groups attached to an aromatic ring is 1. The van der Waals surface area contributed by atoms with Crippen LogP contribution in [0, 0.1) is 25.2 Å². The van der Waals surface area contributed by atoms with Crippen LogP contribution in [0.25, 0.3) is 11.5 Å².